The molecule has 0 unspecified atom stereocenters. The minimum Gasteiger partial charge on any atom is -0.389 e. The molecule has 0 aliphatic heterocycles. The van der Waals surface area contributed by atoms with Gasteiger partial charge in [-0.25, -0.2) is 0 Å². The molecular formula is C17H25NO2. The Bertz CT molecular complexity index is 408. The van der Waals surface area contributed by atoms with Crippen molar-refractivity contribution in [2.45, 2.75) is 62.9 Å². The van der Waals surface area contributed by atoms with Crippen LogP contribution in [0.4, 0.5) is 0 Å². The lowest BCUT2D eigenvalue weighted by atomic mass is 9.88. The summed E-state index contributed by atoms with van der Waals surface area (Å²) in [7, 11) is 0. The molecule has 0 amide bonds. The first-order chi connectivity index (χ1) is 9.73. The third-order valence-corrected chi connectivity index (χ3v) is 4.68. The van der Waals surface area contributed by atoms with E-state index < -0.39 is 5.60 Å². The van der Waals surface area contributed by atoms with E-state index in [-0.39, 0.29) is 0 Å². The van der Waals surface area contributed by atoms with Crippen molar-refractivity contribution in [3.8, 4) is 0 Å². The maximum absolute atomic E-state index is 10.3. The molecule has 2 aliphatic carbocycles. The Hall–Kier alpha value is -0.900. The number of ether oxygens (including phenoxy) is 1. The fourth-order valence-corrected chi connectivity index (χ4v) is 3.20. The van der Waals surface area contributed by atoms with Crippen LogP contribution in [0.3, 0.4) is 0 Å². The summed E-state index contributed by atoms with van der Waals surface area (Å²) in [6.45, 7) is 1.46. The molecule has 2 fully saturated rings. The number of hydrogen-bond acceptors (Lipinski definition) is 3. The summed E-state index contributed by atoms with van der Waals surface area (Å²) in [4.78, 5) is 0. The van der Waals surface area contributed by atoms with Gasteiger partial charge in [0.15, 0.2) is 0 Å². The van der Waals surface area contributed by atoms with Crippen molar-refractivity contribution in [3.05, 3.63) is 35.9 Å². The molecule has 2 aliphatic rings. The lowest BCUT2D eigenvalue weighted by Crippen LogP contribution is -2.50. The molecule has 0 atom stereocenters. The first-order valence-corrected chi connectivity index (χ1v) is 7.85. The quantitative estimate of drug-likeness (QED) is 0.838. The highest BCUT2D eigenvalue weighted by molar-refractivity contribution is 5.13. The van der Waals surface area contributed by atoms with E-state index in [4.69, 9.17) is 4.74 Å². The Morgan fingerprint density at radius 3 is 2.55 bits per heavy atom. The second kappa shape index (κ2) is 6.25. The van der Waals surface area contributed by atoms with Crippen molar-refractivity contribution in [1.82, 2.24) is 5.32 Å². The van der Waals surface area contributed by atoms with Crippen LogP contribution in [0.15, 0.2) is 30.3 Å². The Balaban J connectivity index is 1.31. The van der Waals surface area contributed by atoms with Gasteiger partial charge in [-0.3, -0.25) is 0 Å². The minimum atomic E-state index is -0.435. The van der Waals surface area contributed by atoms with Crippen molar-refractivity contribution in [2.24, 2.45) is 0 Å². The van der Waals surface area contributed by atoms with E-state index >= 15 is 0 Å². The van der Waals surface area contributed by atoms with Crippen LogP contribution in [-0.4, -0.2) is 29.4 Å². The number of benzene rings is 1. The molecule has 0 saturated heterocycles. The van der Waals surface area contributed by atoms with Crippen molar-refractivity contribution in [1.29, 1.82) is 0 Å². The van der Waals surface area contributed by atoms with Gasteiger partial charge < -0.3 is 15.2 Å². The smallest absolute Gasteiger partial charge is 0.0771 e. The molecule has 2 saturated carbocycles. The molecule has 20 heavy (non-hydrogen) atoms. The molecular weight excluding hydrogens is 250 g/mol. The second-order valence-electron chi connectivity index (χ2n) is 6.40. The molecule has 3 nitrogen and oxygen atoms in total. The SMILES string of the molecule is OC1(CNC2CC(OCc3ccccc3)C2)CCCC1. The predicted octanol–water partition coefficient (Wildman–Crippen LogP) is 2.63. The minimum absolute atomic E-state index is 0.380. The third-order valence-electron chi connectivity index (χ3n) is 4.68. The lowest BCUT2D eigenvalue weighted by Gasteiger charge is -2.37. The van der Waals surface area contributed by atoms with Gasteiger partial charge in [-0.15, -0.1) is 0 Å². The largest absolute Gasteiger partial charge is 0.389 e. The highest BCUT2D eigenvalue weighted by Crippen LogP contribution is 2.30. The van der Waals surface area contributed by atoms with Gasteiger partial charge in [0.1, 0.15) is 0 Å². The average molecular weight is 275 g/mol. The Kier molecular flexibility index (Phi) is 4.39. The summed E-state index contributed by atoms with van der Waals surface area (Å²) >= 11 is 0. The van der Waals surface area contributed by atoms with Gasteiger partial charge in [0.2, 0.25) is 0 Å². The first kappa shape index (κ1) is 14.1. The van der Waals surface area contributed by atoms with Crippen LogP contribution in [0, 0.1) is 0 Å². The topological polar surface area (TPSA) is 41.5 Å². The van der Waals surface area contributed by atoms with Gasteiger partial charge in [-0.1, -0.05) is 43.2 Å². The summed E-state index contributed by atoms with van der Waals surface area (Å²) in [6, 6.07) is 10.9. The summed E-state index contributed by atoms with van der Waals surface area (Å²) < 4.78 is 5.89. The molecule has 1 aromatic carbocycles. The van der Waals surface area contributed by atoms with E-state index in [1.807, 2.05) is 18.2 Å². The van der Waals surface area contributed by atoms with Crippen LogP contribution in [-0.2, 0) is 11.3 Å². The van der Waals surface area contributed by atoms with Gasteiger partial charge in [0.05, 0.1) is 18.3 Å². The van der Waals surface area contributed by atoms with Crippen molar-refractivity contribution >= 4 is 0 Å². The maximum Gasteiger partial charge on any atom is 0.0771 e. The molecule has 0 heterocycles. The van der Waals surface area contributed by atoms with E-state index in [0.29, 0.717) is 18.8 Å². The number of rotatable bonds is 6. The number of aliphatic hydroxyl groups is 1. The Labute approximate surface area is 121 Å². The van der Waals surface area contributed by atoms with Gasteiger partial charge in [0, 0.05) is 12.6 Å². The predicted molar refractivity (Wildman–Crippen MR) is 79.5 cm³/mol. The third kappa shape index (κ3) is 3.60. The number of hydrogen-bond donors (Lipinski definition) is 2. The average Bonchev–Trinajstić information content (AvgIpc) is 2.85. The van der Waals surface area contributed by atoms with E-state index in [9.17, 15) is 5.11 Å². The van der Waals surface area contributed by atoms with Crippen LogP contribution < -0.4 is 5.32 Å². The van der Waals surface area contributed by atoms with E-state index in [1.54, 1.807) is 0 Å². The van der Waals surface area contributed by atoms with E-state index in [0.717, 1.165) is 32.2 Å². The van der Waals surface area contributed by atoms with E-state index in [1.165, 1.54) is 18.4 Å². The molecule has 2 N–H and O–H groups in total. The highest BCUT2D eigenvalue weighted by atomic mass is 16.5. The van der Waals surface area contributed by atoms with Crippen LogP contribution in [0.5, 0.6) is 0 Å². The van der Waals surface area contributed by atoms with E-state index in [2.05, 4.69) is 17.4 Å². The molecule has 3 heteroatoms. The molecule has 0 aromatic heterocycles. The molecule has 0 spiro atoms. The summed E-state index contributed by atoms with van der Waals surface area (Å²) in [5, 5.41) is 13.8. The van der Waals surface area contributed by atoms with Crippen molar-refractivity contribution < 1.29 is 9.84 Å². The van der Waals surface area contributed by atoms with Gasteiger partial charge in [0.25, 0.3) is 0 Å². The summed E-state index contributed by atoms with van der Waals surface area (Å²) in [5.41, 5.74) is 0.805. The zero-order valence-electron chi connectivity index (χ0n) is 12.1. The van der Waals surface area contributed by atoms with Gasteiger partial charge in [-0.2, -0.15) is 0 Å². The Morgan fingerprint density at radius 1 is 1.15 bits per heavy atom. The molecule has 0 radical (unpaired) electrons. The van der Waals surface area contributed by atoms with Crippen molar-refractivity contribution in [3.63, 3.8) is 0 Å². The molecule has 1 aromatic rings. The first-order valence-electron chi connectivity index (χ1n) is 7.85. The van der Waals surface area contributed by atoms with Gasteiger partial charge in [-0.05, 0) is 31.2 Å². The fourth-order valence-electron chi connectivity index (χ4n) is 3.20. The monoisotopic (exact) mass is 275 g/mol. The fraction of sp³-hybridized carbons (Fsp3) is 0.647. The van der Waals surface area contributed by atoms with Crippen LogP contribution in [0.2, 0.25) is 0 Å². The van der Waals surface area contributed by atoms with Crippen molar-refractivity contribution in [2.75, 3.05) is 6.54 Å². The zero-order valence-corrected chi connectivity index (χ0v) is 12.1. The maximum atomic E-state index is 10.3. The second-order valence-corrected chi connectivity index (χ2v) is 6.40. The zero-order chi connectivity index (χ0) is 13.8. The standard InChI is InChI=1S/C17H25NO2/c19-17(8-4-5-9-17)13-18-15-10-16(11-15)20-12-14-6-2-1-3-7-14/h1-3,6-7,15-16,18-19H,4-5,8-13H2. The Morgan fingerprint density at radius 2 is 1.85 bits per heavy atom. The number of nitrogens with one attached hydrogen (secondary N) is 1. The van der Waals surface area contributed by atoms with Crippen LogP contribution in [0.25, 0.3) is 0 Å². The normalized spacial score (nSPS) is 28.2. The van der Waals surface area contributed by atoms with Gasteiger partial charge >= 0.3 is 0 Å². The lowest BCUT2D eigenvalue weighted by molar-refractivity contribution is -0.0338. The molecule has 110 valence electrons. The highest BCUT2D eigenvalue weighted by Gasteiger charge is 2.35. The molecule has 0 bridgehead atoms. The summed E-state index contributed by atoms with van der Waals surface area (Å²) in [6.07, 6.45) is 6.79. The molecule has 3 rings (SSSR count). The van der Waals surface area contributed by atoms with Crippen LogP contribution >= 0.6 is 0 Å². The van der Waals surface area contributed by atoms with Crippen LogP contribution in [0.1, 0.15) is 44.1 Å². The summed E-state index contributed by atoms with van der Waals surface area (Å²) in [5.74, 6) is 0.